The van der Waals surface area contributed by atoms with Gasteiger partial charge in [0.1, 0.15) is 5.82 Å². The third-order valence-corrected chi connectivity index (χ3v) is 7.62. The van der Waals surface area contributed by atoms with E-state index >= 15 is 0 Å². The predicted molar refractivity (Wildman–Crippen MR) is 126 cm³/mol. The molecular formula is C26H27FN4O3. The molecular weight excluding hydrogens is 435 g/mol. The molecule has 0 spiro atoms. The van der Waals surface area contributed by atoms with E-state index in [1.54, 1.807) is 13.1 Å². The second-order valence-electron chi connectivity index (χ2n) is 9.66. The summed E-state index contributed by atoms with van der Waals surface area (Å²) in [4.78, 5) is 16.8. The average molecular weight is 463 g/mol. The molecule has 3 aromatic heterocycles. The van der Waals surface area contributed by atoms with Crippen molar-refractivity contribution in [3.8, 4) is 5.69 Å². The molecule has 176 valence electrons. The summed E-state index contributed by atoms with van der Waals surface area (Å²) in [5.41, 5.74) is 6.36. The van der Waals surface area contributed by atoms with Crippen LogP contribution in [0.4, 0.5) is 4.39 Å². The molecule has 8 heteroatoms. The summed E-state index contributed by atoms with van der Waals surface area (Å²) < 4.78 is 22.1. The molecule has 1 saturated heterocycles. The molecule has 2 fully saturated rings. The maximum Gasteiger partial charge on any atom is 0.306 e. The molecule has 1 saturated carbocycles. The number of carboxylic acids is 1. The van der Waals surface area contributed by atoms with Gasteiger partial charge >= 0.3 is 5.97 Å². The maximum absolute atomic E-state index is 14.2. The summed E-state index contributed by atoms with van der Waals surface area (Å²) in [7, 11) is 0. The van der Waals surface area contributed by atoms with Crippen molar-refractivity contribution in [3.05, 3.63) is 53.1 Å². The lowest BCUT2D eigenvalue weighted by atomic mass is 9.87. The SMILES string of the molecule is Cc1cc(-n2c(C3CCOCC3)c([C@@H]3CCC(C(=O)O)C3)c3nc4[nH]ncc4cc32)ccc1F. The minimum absolute atomic E-state index is 0.108. The van der Waals surface area contributed by atoms with Crippen molar-refractivity contribution in [1.82, 2.24) is 19.7 Å². The fourth-order valence-electron chi connectivity index (χ4n) is 5.90. The van der Waals surface area contributed by atoms with Gasteiger partial charge in [-0.1, -0.05) is 0 Å². The van der Waals surface area contributed by atoms with E-state index in [9.17, 15) is 14.3 Å². The highest BCUT2D eigenvalue weighted by Crippen LogP contribution is 2.47. The van der Waals surface area contributed by atoms with Crippen LogP contribution in [-0.2, 0) is 9.53 Å². The van der Waals surface area contributed by atoms with E-state index in [4.69, 9.17) is 9.72 Å². The molecule has 1 unspecified atom stereocenters. The second kappa shape index (κ2) is 8.20. The molecule has 0 bridgehead atoms. The number of carbonyl (C=O) groups is 1. The van der Waals surface area contributed by atoms with Crippen LogP contribution in [-0.4, -0.2) is 44.0 Å². The highest BCUT2D eigenvalue weighted by Gasteiger charge is 2.37. The third kappa shape index (κ3) is 3.39. The van der Waals surface area contributed by atoms with Gasteiger partial charge in [0.25, 0.3) is 0 Å². The number of hydrogen-bond acceptors (Lipinski definition) is 4. The van der Waals surface area contributed by atoms with Gasteiger partial charge in [0.2, 0.25) is 0 Å². The van der Waals surface area contributed by atoms with Gasteiger partial charge in [-0.25, -0.2) is 9.37 Å². The minimum Gasteiger partial charge on any atom is -0.481 e. The highest BCUT2D eigenvalue weighted by atomic mass is 19.1. The van der Waals surface area contributed by atoms with Crippen molar-refractivity contribution in [2.24, 2.45) is 5.92 Å². The summed E-state index contributed by atoms with van der Waals surface area (Å²) in [5, 5.41) is 17.7. The first kappa shape index (κ1) is 21.3. The zero-order chi connectivity index (χ0) is 23.4. The number of halogens is 1. The number of aromatic amines is 1. The first-order chi connectivity index (χ1) is 16.5. The number of aliphatic carboxylic acids is 1. The Kier molecular flexibility index (Phi) is 5.13. The number of nitrogens with zero attached hydrogens (tertiary/aromatic N) is 3. The lowest BCUT2D eigenvalue weighted by Crippen LogP contribution is -2.19. The number of aryl methyl sites for hydroxylation is 1. The third-order valence-electron chi connectivity index (χ3n) is 7.62. The number of hydrogen-bond donors (Lipinski definition) is 2. The number of fused-ring (bicyclic) bond motifs is 2. The van der Waals surface area contributed by atoms with Gasteiger partial charge in [-0.3, -0.25) is 9.89 Å². The molecule has 0 radical (unpaired) electrons. The monoisotopic (exact) mass is 462 g/mol. The van der Waals surface area contributed by atoms with E-state index in [2.05, 4.69) is 20.8 Å². The van der Waals surface area contributed by atoms with Crippen molar-refractivity contribution in [2.75, 3.05) is 13.2 Å². The predicted octanol–water partition coefficient (Wildman–Crippen LogP) is 5.21. The summed E-state index contributed by atoms with van der Waals surface area (Å²) >= 11 is 0. The summed E-state index contributed by atoms with van der Waals surface area (Å²) in [5.74, 6) is -0.934. The largest absolute Gasteiger partial charge is 0.481 e. The quantitative estimate of drug-likeness (QED) is 0.434. The Balaban J connectivity index is 1.66. The van der Waals surface area contributed by atoms with Crippen LogP contribution < -0.4 is 0 Å². The molecule has 1 aliphatic heterocycles. The number of rotatable bonds is 4. The number of ether oxygens (including phenoxy) is 1. The zero-order valence-corrected chi connectivity index (χ0v) is 19.1. The van der Waals surface area contributed by atoms with E-state index < -0.39 is 5.97 Å². The number of aromatic nitrogens is 4. The number of H-pyrrole nitrogens is 1. The Morgan fingerprint density at radius 3 is 2.74 bits per heavy atom. The Hall–Kier alpha value is -3.26. The van der Waals surface area contributed by atoms with Crippen LogP contribution >= 0.6 is 0 Å². The number of benzene rings is 1. The Labute approximate surface area is 195 Å². The average Bonchev–Trinajstić information content (AvgIpc) is 3.56. The van der Waals surface area contributed by atoms with Gasteiger partial charge in [0, 0.05) is 41.5 Å². The molecule has 2 aliphatic rings. The summed E-state index contributed by atoms with van der Waals surface area (Å²) in [6.07, 6.45) is 5.63. The van der Waals surface area contributed by atoms with Crippen molar-refractivity contribution in [3.63, 3.8) is 0 Å². The molecule has 4 aromatic rings. The van der Waals surface area contributed by atoms with E-state index in [0.29, 0.717) is 37.3 Å². The fourth-order valence-corrected chi connectivity index (χ4v) is 5.90. The van der Waals surface area contributed by atoms with Crippen LogP contribution in [0.2, 0.25) is 0 Å². The molecule has 6 rings (SSSR count). The van der Waals surface area contributed by atoms with Gasteiger partial charge in [-0.15, -0.1) is 0 Å². The Morgan fingerprint density at radius 2 is 2.00 bits per heavy atom. The number of nitrogens with one attached hydrogen (secondary N) is 1. The number of pyridine rings is 1. The van der Waals surface area contributed by atoms with Crippen molar-refractivity contribution in [2.45, 2.75) is 50.9 Å². The van der Waals surface area contributed by atoms with Gasteiger partial charge < -0.3 is 14.4 Å². The van der Waals surface area contributed by atoms with Crippen LogP contribution in [0, 0.1) is 18.7 Å². The smallest absolute Gasteiger partial charge is 0.306 e. The second-order valence-corrected chi connectivity index (χ2v) is 9.66. The fraction of sp³-hybridized carbons (Fsp3) is 0.423. The zero-order valence-electron chi connectivity index (χ0n) is 19.1. The normalized spacial score (nSPS) is 21.6. The van der Waals surface area contributed by atoms with Gasteiger partial charge in [0.05, 0.1) is 23.1 Å². The van der Waals surface area contributed by atoms with E-state index in [-0.39, 0.29) is 23.6 Å². The summed E-state index contributed by atoms with van der Waals surface area (Å²) in [6.45, 7) is 3.16. The first-order valence-corrected chi connectivity index (χ1v) is 12.0. The number of carboxylic acid groups (broad SMARTS) is 1. The Morgan fingerprint density at radius 1 is 1.18 bits per heavy atom. The van der Waals surface area contributed by atoms with Crippen molar-refractivity contribution < 1.29 is 19.0 Å². The standard InChI is InChI=1S/C26H27FN4O3/c1-14-10-19(4-5-20(14)27)31-21-12-18-13-28-30-25(18)29-23(21)22(16-2-3-17(11-16)26(32)33)24(31)15-6-8-34-9-7-15/h4-5,10,12-13,15-17H,2-3,6-9,11H2,1H3,(H,32,33)(H,28,29,30)/t16-,17?/m1/s1. The first-order valence-electron chi connectivity index (χ1n) is 12.0. The topological polar surface area (TPSA) is 93.0 Å². The molecule has 7 nitrogen and oxygen atoms in total. The van der Waals surface area contributed by atoms with Crippen molar-refractivity contribution in [1.29, 1.82) is 0 Å². The van der Waals surface area contributed by atoms with Crippen LogP contribution in [0.15, 0.2) is 30.5 Å². The van der Waals surface area contributed by atoms with Gasteiger partial charge in [-0.2, -0.15) is 5.10 Å². The molecule has 1 aliphatic carbocycles. The van der Waals surface area contributed by atoms with Crippen molar-refractivity contribution >= 4 is 28.0 Å². The van der Waals surface area contributed by atoms with Crippen LogP contribution in [0.25, 0.3) is 27.8 Å². The lowest BCUT2D eigenvalue weighted by molar-refractivity contribution is -0.141. The lowest BCUT2D eigenvalue weighted by Gasteiger charge is -2.27. The molecule has 1 aromatic carbocycles. The van der Waals surface area contributed by atoms with Crippen LogP contribution in [0.1, 0.15) is 60.8 Å². The molecule has 34 heavy (non-hydrogen) atoms. The molecule has 2 N–H and O–H groups in total. The maximum atomic E-state index is 14.2. The van der Waals surface area contributed by atoms with Crippen LogP contribution in [0.3, 0.4) is 0 Å². The molecule has 2 atom stereocenters. The van der Waals surface area contributed by atoms with E-state index in [1.165, 1.54) is 11.8 Å². The minimum atomic E-state index is -0.725. The van der Waals surface area contributed by atoms with Gasteiger partial charge in [-0.05, 0) is 74.8 Å². The summed E-state index contributed by atoms with van der Waals surface area (Å²) in [6, 6.07) is 7.32. The Bertz CT molecular complexity index is 1400. The molecule has 4 heterocycles. The highest BCUT2D eigenvalue weighted by molar-refractivity contribution is 5.94. The van der Waals surface area contributed by atoms with Crippen LogP contribution in [0.5, 0.6) is 0 Å². The van der Waals surface area contributed by atoms with E-state index in [0.717, 1.165) is 46.9 Å². The van der Waals surface area contributed by atoms with Gasteiger partial charge in [0.15, 0.2) is 5.65 Å². The van der Waals surface area contributed by atoms with E-state index in [1.807, 2.05) is 12.1 Å². The molecule has 0 amide bonds.